The second kappa shape index (κ2) is 5.51. The van der Waals surface area contributed by atoms with Crippen LogP contribution in [0.25, 0.3) is 0 Å². The smallest absolute Gasteiger partial charge is 0.154 e. The molecule has 1 fully saturated rings. The summed E-state index contributed by atoms with van der Waals surface area (Å²) in [6.07, 6.45) is 0.152. The number of anilines is 1. The van der Waals surface area contributed by atoms with Gasteiger partial charge in [0, 0.05) is 23.8 Å². The second-order valence-electron chi connectivity index (χ2n) is 5.14. The van der Waals surface area contributed by atoms with Gasteiger partial charge in [0.1, 0.15) is 0 Å². The maximum absolute atomic E-state index is 11.6. The molecule has 1 aromatic rings. The van der Waals surface area contributed by atoms with E-state index >= 15 is 0 Å². The Kier molecular flexibility index (Phi) is 4.16. The van der Waals surface area contributed by atoms with Gasteiger partial charge in [-0.25, -0.2) is 8.42 Å². The average Bonchev–Trinajstić information content (AvgIpc) is 2.37. The number of para-hydroxylation sites is 1. The van der Waals surface area contributed by atoms with Crippen LogP contribution in [0.4, 0.5) is 5.69 Å². The van der Waals surface area contributed by atoms with Crippen LogP contribution in [0, 0.1) is 0 Å². The summed E-state index contributed by atoms with van der Waals surface area (Å²) in [5.74, 6) is 0.372. The third kappa shape index (κ3) is 3.09. The molecule has 1 heterocycles. The normalized spacial score (nSPS) is 24.2. The van der Waals surface area contributed by atoms with E-state index in [1.54, 1.807) is 0 Å². The Morgan fingerprint density at radius 3 is 2.74 bits per heavy atom. The van der Waals surface area contributed by atoms with Crippen molar-refractivity contribution in [2.45, 2.75) is 32.4 Å². The first kappa shape index (κ1) is 14.3. The largest absolute Gasteiger partial charge is 0.388 e. The fraction of sp³-hybridized carbons (Fsp3) is 0.571. The lowest BCUT2D eigenvalue weighted by molar-refractivity contribution is 0.174. The molecule has 0 saturated carbocycles. The van der Waals surface area contributed by atoms with Gasteiger partial charge in [-0.15, -0.1) is 0 Å². The summed E-state index contributed by atoms with van der Waals surface area (Å²) in [4.78, 5) is 2.09. The minimum absolute atomic E-state index is 0.0519. The van der Waals surface area contributed by atoms with Crippen molar-refractivity contribution in [1.29, 1.82) is 0 Å². The Labute approximate surface area is 115 Å². The molecule has 1 aromatic carbocycles. The zero-order valence-electron chi connectivity index (χ0n) is 11.4. The van der Waals surface area contributed by atoms with E-state index in [1.807, 2.05) is 38.1 Å². The Bertz CT molecular complexity index is 541. The molecule has 0 aromatic heterocycles. The van der Waals surface area contributed by atoms with Gasteiger partial charge in [0.05, 0.1) is 17.6 Å². The van der Waals surface area contributed by atoms with Crippen LogP contribution < -0.4 is 4.90 Å². The molecule has 1 aliphatic rings. The summed E-state index contributed by atoms with van der Waals surface area (Å²) in [6.45, 7) is 4.36. The third-order valence-electron chi connectivity index (χ3n) is 3.66. The maximum Gasteiger partial charge on any atom is 0.154 e. The number of rotatable bonds is 3. The average molecular weight is 283 g/mol. The first-order valence-corrected chi connectivity index (χ1v) is 8.51. The summed E-state index contributed by atoms with van der Waals surface area (Å²) in [7, 11) is -2.92. The summed E-state index contributed by atoms with van der Waals surface area (Å²) in [5.41, 5.74) is 1.84. The molecule has 0 bridgehead atoms. The second-order valence-corrected chi connectivity index (χ2v) is 7.37. The molecular weight excluding hydrogens is 262 g/mol. The van der Waals surface area contributed by atoms with Crippen molar-refractivity contribution in [3.63, 3.8) is 0 Å². The highest BCUT2D eigenvalue weighted by molar-refractivity contribution is 7.91. The van der Waals surface area contributed by atoms with Crippen molar-refractivity contribution in [2.24, 2.45) is 0 Å². The molecule has 2 rings (SSSR count). The zero-order chi connectivity index (χ0) is 14.0. The minimum Gasteiger partial charge on any atom is -0.388 e. The van der Waals surface area contributed by atoms with Crippen LogP contribution in [0.1, 0.15) is 31.9 Å². The van der Waals surface area contributed by atoms with Crippen molar-refractivity contribution in [3.05, 3.63) is 29.8 Å². The molecular formula is C14H21NO3S. The fourth-order valence-electron chi connectivity index (χ4n) is 2.61. The highest BCUT2D eigenvalue weighted by atomic mass is 32.2. The van der Waals surface area contributed by atoms with Crippen molar-refractivity contribution < 1.29 is 13.5 Å². The van der Waals surface area contributed by atoms with E-state index in [9.17, 15) is 13.5 Å². The number of aliphatic hydroxyl groups is 1. The van der Waals surface area contributed by atoms with Crippen LogP contribution >= 0.6 is 0 Å². The van der Waals surface area contributed by atoms with Gasteiger partial charge in [0.2, 0.25) is 0 Å². The van der Waals surface area contributed by atoms with E-state index in [-0.39, 0.29) is 17.5 Å². The molecule has 0 aliphatic carbocycles. The van der Waals surface area contributed by atoms with Crippen molar-refractivity contribution in [1.82, 2.24) is 0 Å². The van der Waals surface area contributed by atoms with Crippen molar-refractivity contribution in [3.8, 4) is 0 Å². The number of aliphatic hydroxyl groups excluding tert-OH is 1. The molecule has 0 spiro atoms. The molecule has 0 amide bonds. The molecule has 2 unspecified atom stereocenters. The SMILES string of the molecule is CCC(O)c1ccccc1N1CCS(=O)(=O)CC1C. The van der Waals surface area contributed by atoms with Crippen LogP contribution in [0.2, 0.25) is 0 Å². The lowest BCUT2D eigenvalue weighted by atomic mass is 10.0. The number of hydrogen-bond donors (Lipinski definition) is 1. The summed E-state index contributed by atoms with van der Waals surface area (Å²) >= 11 is 0. The molecule has 4 nitrogen and oxygen atoms in total. The number of benzene rings is 1. The third-order valence-corrected chi connectivity index (χ3v) is 5.46. The van der Waals surface area contributed by atoms with Crippen molar-refractivity contribution >= 4 is 15.5 Å². The van der Waals surface area contributed by atoms with Crippen LogP contribution in [-0.2, 0) is 9.84 Å². The van der Waals surface area contributed by atoms with E-state index < -0.39 is 15.9 Å². The molecule has 1 N–H and O–H groups in total. The Balaban J connectivity index is 2.32. The van der Waals surface area contributed by atoms with Gasteiger partial charge in [-0.3, -0.25) is 0 Å². The fourth-order valence-corrected chi connectivity index (χ4v) is 4.16. The van der Waals surface area contributed by atoms with Gasteiger partial charge < -0.3 is 10.0 Å². The van der Waals surface area contributed by atoms with Gasteiger partial charge in [0.25, 0.3) is 0 Å². The highest BCUT2D eigenvalue weighted by Crippen LogP contribution is 2.30. The highest BCUT2D eigenvalue weighted by Gasteiger charge is 2.29. The Hall–Kier alpha value is -1.07. The van der Waals surface area contributed by atoms with E-state index in [1.165, 1.54) is 0 Å². The van der Waals surface area contributed by atoms with Crippen LogP contribution in [-0.4, -0.2) is 37.6 Å². The molecule has 1 aliphatic heterocycles. The lowest BCUT2D eigenvalue weighted by Gasteiger charge is -2.36. The van der Waals surface area contributed by atoms with E-state index in [4.69, 9.17) is 0 Å². The first-order chi connectivity index (χ1) is 8.94. The molecule has 5 heteroatoms. The Morgan fingerprint density at radius 1 is 1.42 bits per heavy atom. The zero-order valence-corrected chi connectivity index (χ0v) is 12.2. The van der Waals surface area contributed by atoms with E-state index in [0.717, 1.165) is 11.3 Å². The number of hydrogen-bond acceptors (Lipinski definition) is 4. The van der Waals surface area contributed by atoms with Gasteiger partial charge in [-0.05, 0) is 19.4 Å². The first-order valence-electron chi connectivity index (χ1n) is 6.68. The molecule has 19 heavy (non-hydrogen) atoms. The number of nitrogens with zero attached hydrogens (tertiary/aromatic N) is 1. The van der Waals surface area contributed by atoms with Gasteiger partial charge >= 0.3 is 0 Å². The van der Waals surface area contributed by atoms with Crippen molar-refractivity contribution in [2.75, 3.05) is 23.0 Å². The van der Waals surface area contributed by atoms with E-state index in [2.05, 4.69) is 4.90 Å². The topological polar surface area (TPSA) is 57.6 Å². The van der Waals surface area contributed by atoms with E-state index in [0.29, 0.717) is 13.0 Å². The minimum atomic E-state index is -2.92. The molecule has 0 radical (unpaired) electrons. The molecule has 106 valence electrons. The van der Waals surface area contributed by atoms with Crippen LogP contribution in [0.15, 0.2) is 24.3 Å². The summed E-state index contributed by atoms with van der Waals surface area (Å²) in [5, 5.41) is 10.1. The van der Waals surface area contributed by atoms with Gasteiger partial charge in [-0.2, -0.15) is 0 Å². The number of sulfone groups is 1. The summed E-state index contributed by atoms with van der Waals surface area (Å²) in [6, 6.07) is 7.66. The monoisotopic (exact) mass is 283 g/mol. The maximum atomic E-state index is 11.6. The standard InChI is InChI=1S/C14H21NO3S/c1-3-14(16)12-6-4-5-7-13(12)15-8-9-19(17,18)10-11(15)2/h4-7,11,14,16H,3,8-10H2,1-2H3. The predicted molar refractivity (Wildman–Crippen MR) is 77.2 cm³/mol. The quantitative estimate of drug-likeness (QED) is 0.918. The van der Waals surface area contributed by atoms with Crippen LogP contribution in [0.3, 0.4) is 0 Å². The predicted octanol–water partition coefficient (Wildman–Crippen LogP) is 1.75. The molecule has 1 saturated heterocycles. The van der Waals surface area contributed by atoms with Gasteiger partial charge in [0.15, 0.2) is 9.84 Å². The molecule has 2 atom stereocenters. The Morgan fingerprint density at radius 2 is 2.11 bits per heavy atom. The van der Waals surface area contributed by atoms with Gasteiger partial charge in [-0.1, -0.05) is 25.1 Å². The lowest BCUT2D eigenvalue weighted by Crippen LogP contribution is -2.47. The summed E-state index contributed by atoms with van der Waals surface area (Å²) < 4.78 is 23.3. The van der Waals surface area contributed by atoms with Crippen LogP contribution in [0.5, 0.6) is 0 Å².